The van der Waals surface area contributed by atoms with E-state index in [-0.39, 0.29) is 17.4 Å². The van der Waals surface area contributed by atoms with Gasteiger partial charge in [-0.25, -0.2) is 0 Å². The number of thioether (sulfide) groups is 1. The third-order valence-corrected chi connectivity index (χ3v) is 4.85. The zero-order valence-corrected chi connectivity index (χ0v) is 13.2. The molecule has 1 aromatic carbocycles. The van der Waals surface area contributed by atoms with Crippen LogP contribution in [0.5, 0.6) is 0 Å². The fourth-order valence-electron chi connectivity index (χ4n) is 2.44. The van der Waals surface area contributed by atoms with Crippen LogP contribution in [0, 0.1) is 0 Å². The molecule has 1 aliphatic rings. The normalized spacial score (nSPS) is 20.8. The molecule has 2 unspecified atom stereocenters. The highest BCUT2D eigenvalue weighted by Gasteiger charge is 2.31. The van der Waals surface area contributed by atoms with Crippen LogP contribution >= 0.6 is 11.8 Å². The second kappa shape index (κ2) is 6.94. The van der Waals surface area contributed by atoms with Gasteiger partial charge in [-0.05, 0) is 35.7 Å². The number of rotatable bonds is 4. The Morgan fingerprint density at radius 2 is 1.91 bits per heavy atom. The van der Waals surface area contributed by atoms with Crippen molar-refractivity contribution in [2.45, 2.75) is 18.3 Å². The van der Waals surface area contributed by atoms with E-state index in [1.807, 2.05) is 19.1 Å². The van der Waals surface area contributed by atoms with E-state index in [9.17, 15) is 4.79 Å². The molecule has 4 nitrogen and oxygen atoms in total. The van der Waals surface area contributed by atoms with Gasteiger partial charge in [-0.1, -0.05) is 24.3 Å². The van der Waals surface area contributed by atoms with E-state index in [1.54, 1.807) is 24.2 Å². The molecule has 0 saturated carbocycles. The van der Waals surface area contributed by atoms with Crippen molar-refractivity contribution in [3.05, 3.63) is 54.4 Å². The highest BCUT2D eigenvalue weighted by atomic mass is 32.2. The van der Waals surface area contributed by atoms with Gasteiger partial charge in [-0.15, -0.1) is 11.8 Å². The summed E-state index contributed by atoms with van der Waals surface area (Å²) < 4.78 is 5.07. The molecular weight excluding hydrogens is 296 g/mol. The fourth-order valence-corrected chi connectivity index (χ4v) is 3.66. The first kappa shape index (κ1) is 15.1. The molecule has 1 saturated heterocycles. The Hall–Kier alpha value is -1.85. The van der Waals surface area contributed by atoms with Crippen molar-refractivity contribution in [1.82, 2.24) is 10.3 Å². The van der Waals surface area contributed by atoms with Gasteiger partial charge in [0, 0.05) is 18.1 Å². The minimum Gasteiger partial charge on any atom is -0.465 e. The number of carbonyl (C=O) groups is 1. The molecule has 0 bridgehead atoms. The van der Waals surface area contributed by atoms with Gasteiger partial charge in [-0.3, -0.25) is 15.1 Å². The Morgan fingerprint density at radius 1 is 1.23 bits per heavy atom. The topological polar surface area (TPSA) is 51.2 Å². The Balaban J connectivity index is 1.68. The van der Waals surface area contributed by atoms with Gasteiger partial charge in [0.1, 0.15) is 6.04 Å². The molecule has 3 rings (SSSR count). The SMILES string of the molecule is CCOC(=O)C1CSC(c2ccc(-c3ccncc3)cc2)N1. The van der Waals surface area contributed by atoms with E-state index in [1.165, 1.54) is 5.56 Å². The minimum atomic E-state index is -0.213. The number of hydrogen-bond donors (Lipinski definition) is 1. The monoisotopic (exact) mass is 314 g/mol. The van der Waals surface area contributed by atoms with Gasteiger partial charge in [0.2, 0.25) is 0 Å². The summed E-state index contributed by atoms with van der Waals surface area (Å²) in [6, 6.07) is 12.2. The first-order chi connectivity index (χ1) is 10.8. The van der Waals surface area contributed by atoms with Crippen LogP contribution in [0.25, 0.3) is 11.1 Å². The Kier molecular flexibility index (Phi) is 4.75. The molecule has 0 amide bonds. The molecule has 1 aromatic heterocycles. The summed E-state index contributed by atoms with van der Waals surface area (Å²) in [7, 11) is 0. The van der Waals surface area contributed by atoms with Crippen molar-refractivity contribution >= 4 is 17.7 Å². The maximum Gasteiger partial charge on any atom is 0.324 e. The number of carbonyl (C=O) groups excluding carboxylic acids is 1. The third-order valence-electron chi connectivity index (χ3n) is 3.58. The van der Waals surface area contributed by atoms with Gasteiger partial charge in [0.15, 0.2) is 0 Å². The molecular formula is C17H18N2O2S. The van der Waals surface area contributed by atoms with Crippen LogP contribution in [0.15, 0.2) is 48.8 Å². The molecule has 2 heterocycles. The van der Waals surface area contributed by atoms with Crippen LogP contribution in [-0.4, -0.2) is 29.4 Å². The predicted octanol–water partition coefficient (Wildman–Crippen LogP) is 3.02. The summed E-state index contributed by atoms with van der Waals surface area (Å²) in [6.07, 6.45) is 3.59. The average molecular weight is 314 g/mol. The van der Waals surface area contributed by atoms with Crippen molar-refractivity contribution in [3.8, 4) is 11.1 Å². The maximum atomic E-state index is 11.8. The molecule has 114 valence electrons. The summed E-state index contributed by atoms with van der Waals surface area (Å²) in [5, 5.41) is 3.47. The zero-order valence-electron chi connectivity index (χ0n) is 12.4. The van der Waals surface area contributed by atoms with Crippen LogP contribution in [0.1, 0.15) is 17.9 Å². The van der Waals surface area contributed by atoms with Crippen molar-refractivity contribution in [2.75, 3.05) is 12.4 Å². The van der Waals surface area contributed by atoms with Crippen LogP contribution in [0.4, 0.5) is 0 Å². The average Bonchev–Trinajstić information content (AvgIpc) is 3.06. The lowest BCUT2D eigenvalue weighted by Crippen LogP contribution is -2.35. The fraction of sp³-hybridized carbons (Fsp3) is 0.294. The van der Waals surface area contributed by atoms with Gasteiger partial charge >= 0.3 is 5.97 Å². The van der Waals surface area contributed by atoms with E-state index in [4.69, 9.17) is 4.74 Å². The minimum absolute atomic E-state index is 0.140. The molecule has 2 aromatic rings. The second-order valence-corrected chi connectivity index (χ2v) is 6.18. The Labute approximate surface area is 134 Å². The lowest BCUT2D eigenvalue weighted by atomic mass is 10.1. The van der Waals surface area contributed by atoms with E-state index in [0.717, 1.165) is 16.9 Å². The summed E-state index contributed by atoms with van der Waals surface area (Å²) in [6.45, 7) is 2.25. The summed E-state index contributed by atoms with van der Waals surface area (Å²) in [4.78, 5) is 15.8. The first-order valence-corrected chi connectivity index (χ1v) is 8.37. The highest BCUT2D eigenvalue weighted by molar-refractivity contribution is 7.99. The van der Waals surface area contributed by atoms with E-state index < -0.39 is 0 Å². The number of esters is 1. The quantitative estimate of drug-likeness (QED) is 0.879. The van der Waals surface area contributed by atoms with Crippen molar-refractivity contribution < 1.29 is 9.53 Å². The van der Waals surface area contributed by atoms with Crippen molar-refractivity contribution in [2.24, 2.45) is 0 Å². The van der Waals surface area contributed by atoms with E-state index in [2.05, 4.69) is 34.6 Å². The number of aromatic nitrogens is 1. The molecule has 5 heteroatoms. The van der Waals surface area contributed by atoms with Crippen molar-refractivity contribution in [3.63, 3.8) is 0 Å². The van der Waals surface area contributed by atoms with Gasteiger partial charge < -0.3 is 4.74 Å². The van der Waals surface area contributed by atoms with Crippen LogP contribution in [0.2, 0.25) is 0 Å². The number of pyridine rings is 1. The van der Waals surface area contributed by atoms with Crippen LogP contribution < -0.4 is 5.32 Å². The summed E-state index contributed by atoms with van der Waals surface area (Å²) >= 11 is 1.74. The standard InChI is InChI=1S/C17H18N2O2S/c1-2-21-17(20)15-11-22-16(19-15)14-5-3-12(4-6-14)13-7-9-18-10-8-13/h3-10,15-16,19H,2,11H2,1H3. The predicted molar refractivity (Wildman–Crippen MR) is 88.4 cm³/mol. The van der Waals surface area contributed by atoms with Crippen molar-refractivity contribution in [1.29, 1.82) is 0 Å². The van der Waals surface area contributed by atoms with Crippen LogP contribution in [-0.2, 0) is 9.53 Å². The van der Waals surface area contributed by atoms with Gasteiger partial charge in [0.05, 0.1) is 12.0 Å². The number of benzene rings is 1. The molecule has 2 atom stereocenters. The van der Waals surface area contributed by atoms with E-state index >= 15 is 0 Å². The smallest absolute Gasteiger partial charge is 0.324 e. The number of nitrogens with zero attached hydrogens (tertiary/aromatic N) is 1. The van der Waals surface area contributed by atoms with Crippen LogP contribution in [0.3, 0.4) is 0 Å². The van der Waals surface area contributed by atoms with E-state index in [0.29, 0.717) is 6.61 Å². The molecule has 0 spiro atoms. The zero-order chi connectivity index (χ0) is 15.4. The van der Waals surface area contributed by atoms with Gasteiger partial charge in [0.25, 0.3) is 0 Å². The Bertz CT molecular complexity index is 631. The molecule has 22 heavy (non-hydrogen) atoms. The largest absolute Gasteiger partial charge is 0.465 e. The number of hydrogen-bond acceptors (Lipinski definition) is 5. The Morgan fingerprint density at radius 3 is 2.59 bits per heavy atom. The number of nitrogens with one attached hydrogen (secondary N) is 1. The molecule has 0 radical (unpaired) electrons. The molecule has 1 aliphatic heterocycles. The highest BCUT2D eigenvalue weighted by Crippen LogP contribution is 2.34. The third kappa shape index (κ3) is 3.31. The molecule has 0 aliphatic carbocycles. The first-order valence-electron chi connectivity index (χ1n) is 7.32. The maximum absolute atomic E-state index is 11.8. The lowest BCUT2D eigenvalue weighted by molar-refractivity contribution is -0.144. The lowest BCUT2D eigenvalue weighted by Gasteiger charge is -2.13. The number of ether oxygens (including phenoxy) is 1. The summed E-state index contributed by atoms with van der Waals surface area (Å²) in [5.74, 6) is 0.584. The van der Waals surface area contributed by atoms with Gasteiger partial charge in [-0.2, -0.15) is 0 Å². The summed E-state index contributed by atoms with van der Waals surface area (Å²) in [5.41, 5.74) is 3.49. The molecule has 1 N–H and O–H groups in total. The second-order valence-electron chi connectivity index (χ2n) is 5.04. The molecule has 1 fully saturated rings.